The van der Waals surface area contributed by atoms with E-state index in [-0.39, 0.29) is 6.61 Å². The molecule has 1 aromatic heterocycles. The van der Waals surface area contributed by atoms with E-state index in [0.717, 1.165) is 27.9 Å². The van der Waals surface area contributed by atoms with E-state index in [0.29, 0.717) is 6.04 Å². The fraction of sp³-hybridized carbons (Fsp3) is 0.400. The zero-order valence-corrected chi connectivity index (χ0v) is 12.4. The van der Waals surface area contributed by atoms with Gasteiger partial charge in [0, 0.05) is 36.0 Å². The summed E-state index contributed by atoms with van der Waals surface area (Å²) >= 11 is 1.84. The zero-order chi connectivity index (χ0) is 13.8. The molecule has 0 aliphatic heterocycles. The van der Waals surface area contributed by atoms with Crippen LogP contribution in [0.25, 0.3) is 10.8 Å². The fourth-order valence-corrected chi connectivity index (χ4v) is 2.91. The number of aliphatic hydroxyl groups is 1. The molecule has 0 saturated heterocycles. The second-order valence-electron chi connectivity index (χ2n) is 4.73. The summed E-state index contributed by atoms with van der Waals surface area (Å²) in [5.74, 6) is 2.04. The molecule has 102 valence electrons. The Morgan fingerprint density at radius 1 is 1.32 bits per heavy atom. The number of hydrogen-bond donors (Lipinski definition) is 1. The van der Waals surface area contributed by atoms with Gasteiger partial charge in [-0.05, 0) is 18.6 Å². The molecule has 0 aliphatic carbocycles. The van der Waals surface area contributed by atoms with Gasteiger partial charge in [0.15, 0.2) is 0 Å². The highest BCUT2D eigenvalue weighted by Crippen LogP contribution is 2.27. The number of fused-ring (bicyclic) bond motifs is 1. The topological polar surface area (TPSA) is 36.4 Å². The lowest BCUT2D eigenvalue weighted by Gasteiger charge is -2.27. The highest BCUT2D eigenvalue weighted by Gasteiger charge is 2.14. The van der Waals surface area contributed by atoms with Crippen LogP contribution in [-0.2, 0) is 6.61 Å². The van der Waals surface area contributed by atoms with Crippen LogP contribution in [0.5, 0.6) is 0 Å². The van der Waals surface area contributed by atoms with Crippen molar-refractivity contribution >= 4 is 28.4 Å². The quantitative estimate of drug-likeness (QED) is 0.911. The van der Waals surface area contributed by atoms with E-state index < -0.39 is 0 Å². The van der Waals surface area contributed by atoms with Gasteiger partial charge in [0.2, 0.25) is 0 Å². The molecule has 3 nitrogen and oxygen atoms in total. The highest BCUT2D eigenvalue weighted by atomic mass is 32.2. The van der Waals surface area contributed by atoms with Gasteiger partial charge < -0.3 is 10.0 Å². The maximum Gasteiger partial charge on any atom is 0.136 e. The summed E-state index contributed by atoms with van der Waals surface area (Å²) in [6.45, 7) is 2.23. The first-order chi connectivity index (χ1) is 9.19. The highest BCUT2D eigenvalue weighted by molar-refractivity contribution is 7.98. The minimum Gasteiger partial charge on any atom is -0.392 e. The maximum absolute atomic E-state index is 9.40. The van der Waals surface area contributed by atoms with Crippen LogP contribution in [-0.4, -0.2) is 35.2 Å². The lowest BCUT2D eigenvalue weighted by Crippen LogP contribution is -2.31. The fourth-order valence-electron chi connectivity index (χ4n) is 2.21. The number of aliphatic hydroxyl groups excluding tert-OH is 1. The third-order valence-electron chi connectivity index (χ3n) is 3.43. The summed E-state index contributed by atoms with van der Waals surface area (Å²) in [6.07, 6.45) is 3.89. The van der Waals surface area contributed by atoms with E-state index in [1.54, 1.807) is 6.20 Å². The lowest BCUT2D eigenvalue weighted by atomic mass is 10.1. The Balaban J connectivity index is 2.50. The van der Waals surface area contributed by atoms with Crippen LogP contribution in [0, 0.1) is 0 Å². The molecule has 0 spiro atoms. The molecule has 0 saturated carbocycles. The number of nitrogens with zero attached hydrogens (tertiary/aromatic N) is 2. The van der Waals surface area contributed by atoms with Gasteiger partial charge in [0.05, 0.1) is 6.61 Å². The first kappa shape index (κ1) is 14.2. The van der Waals surface area contributed by atoms with Crippen LogP contribution >= 0.6 is 11.8 Å². The van der Waals surface area contributed by atoms with Crippen molar-refractivity contribution in [2.24, 2.45) is 0 Å². The second kappa shape index (κ2) is 6.26. The van der Waals surface area contributed by atoms with Gasteiger partial charge in [0.25, 0.3) is 0 Å². The van der Waals surface area contributed by atoms with E-state index in [2.05, 4.69) is 36.2 Å². The molecule has 1 atom stereocenters. The SMILES string of the molecule is CSCC(C)N(C)c1ncc(CO)c2ccccc12. The third kappa shape index (κ3) is 2.85. The largest absolute Gasteiger partial charge is 0.392 e. The number of aromatic nitrogens is 1. The van der Waals surface area contributed by atoms with Crippen LogP contribution in [0.4, 0.5) is 5.82 Å². The van der Waals surface area contributed by atoms with E-state index in [4.69, 9.17) is 0 Å². The van der Waals surface area contributed by atoms with Gasteiger partial charge in [-0.1, -0.05) is 24.3 Å². The smallest absolute Gasteiger partial charge is 0.136 e. The summed E-state index contributed by atoms with van der Waals surface area (Å²) in [6, 6.07) is 8.54. The van der Waals surface area contributed by atoms with E-state index >= 15 is 0 Å². The van der Waals surface area contributed by atoms with Crippen molar-refractivity contribution in [3.05, 3.63) is 36.0 Å². The van der Waals surface area contributed by atoms with Gasteiger partial charge >= 0.3 is 0 Å². The van der Waals surface area contributed by atoms with Gasteiger partial charge in [-0.3, -0.25) is 0 Å². The number of thioether (sulfide) groups is 1. The molecular formula is C15H20N2OS. The molecule has 4 heteroatoms. The van der Waals surface area contributed by atoms with Gasteiger partial charge in [-0.15, -0.1) is 0 Å². The number of anilines is 1. The number of rotatable bonds is 5. The number of pyridine rings is 1. The lowest BCUT2D eigenvalue weighted by molar-refractivity contribution is 0.283. The summed E-state index contributed by atoms with van der Waals surface area (Å²) in [7, 11) is 2.08. The molecule has 2 aromatic rings. The van der Waals surface area contributed by atoms with Crippen molar-refractivity contribution in [2.45, 2.75) is 19.6 Å². The predicted octanol–water partition coefficient (Wildman–Crippen LogP) is 2.91. The Kier molecular flexibility index (Phi) is 4.66. The molecule has 1 unspecified atom stereocenters. The van der Waals surface area contributed by atoms with Crippen LogP contribution in [0.15, 0.2) is 30.5 Å². The van der Waals surface area contributed by atoms with Crippen LogP contribution in [0.1, 0.15) is 12.5 Å². The van der Waals surface area contributed by atoms with Crippen molar-refractivity contribution in [3.63, 3.8) is 0 Å². The van der Waals surface area contributed by atoms with Gasteiger partial charge in [0.1, 0.15) is 5.82 Å². The average molecular weight is 276 g/mol. The Labute approximate surface area is 118 Å². The zero-order valence-electron chi connectivity index (χ0n) is 11.6. The molecule has 0 amide bonds. The van der Waals surface area contributed by atoms with Crippen molar-refractivity contribution in [2.75, 3.05) is 24.0 Å². The molecule has 1 heterocycles. The molecule has 0 fully saturated rings. The van der Waals surface area contributed by atoms with Crippen LogP contribution < -0.4 is 4.90 Å². The molecule has 2 rings (SSSR count). The molecule has 0 bridgehead atoms. The summed E-state index contributed by atoms with van der Waals surface area (Å²) in [4.78, 5) is 6.75. The summed E-state index contributed by atoms with van der Waals surface area (Å²) in [5, 5.41) is 11.6. The number of hydrogen-bond acceptors (Lipinski definition) is 4. The standard InChI is InChI=1S/C15H20N2OS/c1-11(10-19-3)17(2)15-14-7-5-4-6-13(14)12(9-18)8-16-15/h4-8,11,18H,9-10H2,1-3H3. The molecule has 0 radical (unpaired) electrons. The Morgan fingerprint density at radius 3 is 2.63 bits per heavy atom. The first-order valence-corrected chi connectivity index (χ1v) is 7.77. The second-order valence-corrected chi connectivity index (χ2v) is 5.64. The van der Waals surface area contributed by atoms with Crippen molar-refractivity contribution in [1.82, 2.24) is 4.98 Å². The average Bonchev–Trinajstić information content (AvgIpc) is 2.45. The molecule has 1 aromatic carbocycles. The molecule has 0 aliphatic rings. The minimum atomic E-state index is 0.0257. The van der Waals surface area contributed by atoms with Crippen LogP contribution in [0.2, 0.25) is 0 Å². The monoisotopic (exact) mass is 276 g/mol. The Morgan fingerprint density at radius 2 is 2.00 bits per heavy atom. The van der Waals surface area contributed by atoms with E-state index in [1.165, 1.54) is 0 Å². The third-order valence-corrected chi connectivity index (χ3v) is 4.25. The first-order valence-electron chi connectivity index (χ1n) is 6.38. The minimum absolute atomic E-state index is 0.0257. The van der Waals surface area contributed by atoms with E-state index in [9.17, 15) is 5.11 Å². The van der Waals surface area contributed by atoms with Gasteiger partial charge in [-0.2, -0.15) is 11.8 Å². The van der Waals surface area contributed by atoms with Gasteiger partial charge in [-0.25, -0.2) is 4.98 Å². The van der Waals surface area contributed by atoms with Crippen molar-refractivity contribution in [1.29, 1.82) is 0 Å². The Bertz CT molecular complexity index is 559. The van der Waals surface area contributed by atoms with Crippen molar-refractivity contribution in [3.8, 4) is 0 Å². The Hall–Kier alpha value is -1.26. The molecule has 1 N–H and O–H groups in total. The summed E-state index contributed by atoms with van der Waals surface area (Å²) in [5.41, 5.74) is 0.880. The normalized spacial score (nSPS) is 12.6. The maximum atomic E-state index is 9.40. The van der Waals surface area contributed by atoms with Crippen LogP contribution in [0.3, 0.4) is 0 Å². The molecular weight excluding hydrogens is 256 g/mol. The summed E-state index contributed by atoms with van der Waals surface area (Å²) < 4.78 is 0. The molecule has 19 heavy (non-hydrogen) atoms. The predicted molar refractivity (Wildman–Crippen MR) is 83.9 cm³/mol. The number of benzene rings is 1. The van der Waals surface area contributed by atoms with E-state index in [1.807, 2.05) is 30.0 Å². The van der Waals surface area contributed by atoms with Crippen molar-refractivity contribution < 1.29 is 5.11 Å².